The number of hydrogen-bond acceptors (Lipinski definition) is 6. The number of rotatable bonds is 5. The summed E-state index contributed by atoms with van der Waals surface area (Å²) >= 11 is 1.25. The Morgan fingerprint density at radius 2 is 2.00 bits per heavy atom. The molecule has 0 aliphatic carbocycles. The molecule has 0 saturated heterocycles. The van der Waals surface area contributed by atoms with Crippen LogP contribution >= 0.6 is 11.3 Å². The van der Waals surface area contributed by atoms with Crippen molar-refractivity contribution < 1.29 is 9.59 Å². The van der Waals surface area contributed by atoms with E-state index >= 15 is 0 Å². The van der Waals surface area contributed by atoms with Crippen molar-refractivity contribution in [3.05, 3.63) is 65.2 Å². The van der Waals surface area contributed by atoms with E-state index in [0.29, 0.717) is 10.8 Å². The van der Waals surface area contributed by atoms with Gasteiger partial charge in [-0.1, -0.05) is 18.2 Å². The van der Waals surface area contributed by atoms with Gasteiger partial charge in [-0.05, 0) is 18.6 Å². The molecule has 7 nitrogen and oxygen atoms in total. The maximum Gasteiger partial charge on any atom is 0.277 e. The molecular weight excluding hydrogens is 338 g/mol. The number of thiazole rings is 1. The van der Waals surface area contributed by atoms with Crippen LogP contribution in [0.1, 0.15) is 21.7 Å². The number of hydrogen-bond donors (Lipinski definition) is 2. The van der Waals surface area contributed by atoms with E-state index in [4.69, 9.17) is 0 Å². The molecule has 25 heavy (non-hydrogen) atoms. The van der Waals surface area contributed by atoms with Crippen LogP contribution in [0.5, 0.6) is 0 Å². The maximum atomic E-state index is 12.1. The molecule has 1 aromatic carbocycles. The van der Waals surface area contributed by atoms with E-state index < -0.39 is 5.91 Å². The fourth-order valence-electron chi connectivity index (χ4n) is 2.10. The Morgan fingerprint density at radius 1 is 1.16 bits per heavy atom. The van der Waals surface area contributed by atoms with Crippen molar-refractivity contribution in [2.24, 2.45) is 0 Å². The predicted octanol–water partition coefficient (Wildman–Crippen LogP) is 2.68. The van der Waals surface area contributed by atoms with E-state index in [9.17, 15) is 9.59 Å². The second-order valence-electron chi connectivity index (χ2n) is 5.23. The molecule has 0 fully saturated rings. The lowest BCUT2D eigenvalue weighted by molar-refractivity contribution is -0.115. The zero-order valence-corrected chi connectivity index (χ0v) is 14.2. The minimum Gasteiger partial charge on any atom is -0.326 e. The molecule has 2 amide bonds. The molecule has 0 unspecified atom stereocenters. The molecule has 2 N–H and O–H groups in total. The molecule has 0 bridgehead atoms. The second-order valence-corrected chi connectivity index (χ2v) is 6.09. The summed E-state index contributed by atoms with van der Waals surface area (Å²) in [6.45, 7) is 1.93. The quantitative estimate of drug-likeness (QED) is 0.735. The van der Waals surface area contributed by atoms with Gasteiger partial charge in [0.05, 0.1) is 18.3 Å². The Kier molecular flexibility index (Phi) is 5.10. The first-order chi connectivity index (χ1) is 12.1. The van der Waals surface area contributed by atoms with Crippen LogP contribution in [-0.2, 0) is 11.2 Å². The highest BCUT2D eigenvalue weighted by atomic mass is 32.1. The monoisotopic (exact) mass is 353 g/mol. The molecule has 0 spiro atoms. The van der Waals surface area contributed by atoms with Crippen molar-refractivity contribution >= 4 is 34.0 Å². The average molecular weight is 353 g/mol. The fourth-order valence-corrected chi connectivity index (χ4v) is 2.80. The second kappa shape index (κ2) is 7.63. The van der Waals surface area contributed by atoms with E-state index in [1.165, 1.54) is 29.9 Å². The molecule has 0 aliphatic heterocycles. The number of aromatic nitrogens is 3. The lowest BCUT2D eigenvalue weighted by Crippen LogP contribution is -2.16. The van der Waals surface area contributed by atoms with E-state index in [0.717, 1.165) is 11.3 Å². The number of benzene rings is 1. The summed E-state index contributed by atoms with van der Waals surface area (Å²) in [5, 5.41) is 7.65. The number of amides is 2. The maximum absolute atomic E-state index is 12.1. The van der Waals surface area contributed by atoms with Crippen molar-refractivity contribution in [1.82, 2.24) is 15.0 Å². The summed E-state index contributed by atoms with van der Waals surface area (Å²) < 4.78 is 0. The van der Waals surface area contributed by atoms with Gasteiger partial charge in [0.25, 0.3) is 5.91 Å². The predicted molar refractivity (Wildman–Crippen MR) is 95.6 cm³/mol. The number of aryl methyl sites for hydroxylation is 1. The molecule has 0 saturated carbocycles. The first kappa shape index (κ1) is 16.7. The van der Waals surface area contributed by atoms with Gasteiger partial charge >= 0.3 is 0 Å². The lowest BCUT2D eigenvalue weighted by atomic mass is 10.2. The third kappa shape index (κ3) is 4.45. The van der Waals surface area contributed by atoms with Crippen molar-refractivity contribution in [2.75, 3.05) is 10.6 Å². The van der Waals surface area contributed by atoms with Crippen LogP contribution in [0.2, 0.25) is 0 Å². The van der Waals surface area contributed by atoms with Gasteiger partial charge in [0.1, 0.15) is 5.69 Å². The van der Waals surface area contributed by atoms with Gasteiger partial charge in [0, 0.05) is 23.5 Å². The van der Waals surface area contributed by atoms with Crippen LogP contribution in [0.3, 0.4) is 0 Å². The lowest BCUT2D eigenvalue weighted by Gasteiger charge is -2.06. The summed E-state index contributed by atoms with van der Waals surface area (Å²) in [7, 11) is 0. The Hall–Kier alpha value is -3.13. The van der Waals surface area contributed by atoms with Crippen LogP contribution in [0.15, 0.2) is 48.2 Å². The summed E-state index contributed by atoms with van der Waals surface area (Å²) in [4.78, 5) is 36.2. The van der Waals surface area contributed by atoms with Gasteiger partial charge < -0.3 is 5.32 Å². The molecule has 0 aliphatic rings. The van der Waals surface area contributed by atoms with Gasteiger partial charge in [-0.15, -0.1) is 11.3 Å². The topological polar surface area (TPSA) is 96.9 Å². The molecule has 2 aromatic heterocycles. The molecule has 0 radical (unpaired) electrons. The highest BCUT2D eigenvalue weighted by molar-refractivity contribution is 7.14. The van der Waals surface area contributed by atoms with Gasteiger partial charge in [-0.25, -0.2) is 9.97 Å². The Labute approximate surface area is 148 Å². The van der Waals surface area contributed by atoms with E-state index in [1.807, 2.05) is 31.2 Å². The highest BCUT2D eigenvalue weighted by Gasteiger charge is 2.12. The number of nitrogens with one attached hydrogen (secondary N) is 2. The van der Waals surface area contributed by atoms with Crippen LogP contribution in [0.25, 0.3) is 0 Å². The largest absolute Gasteiger partial charge is 0.326 e. The Balaban J connectivity index is 1.59. The van der Waals surface area contributed by atoms with E-state index in [1.54, 1.807) is 5.38 Å². The molecule has 126 valence electrons. The zero-order valence-electron chi connectivity index (χ0n) is 13.4. The van der Waals surface area contributed by atoms with Crippen molar-refractivity contribution in [3.8, 4) is 0 Å². The molecule has 2 heterocycles. The fraction of sp³-hybridized carbons (Fsp3) is 0.118. The molecule has 8 heteroatoms. The minimum absolute atomic E-state index is 0.131. The number of carbonyl (C=O) groups is 2. The van der Waals surface area contributed by atoms with Crippen LogP contribution < -0.4 is 10.6 Å². The zero-order chi connectivity index (χ0) is 17.6. The summed E-state index contributed by atoms with van der Waals surface area (Å²) in [6.07, 6.45) is 4.44. The summed E-state index contributed by atoms with van der Waals surface area (Å²) in [5.74, 6) is -0.551. The van der Waals surface area contributed by atoms with Gasteiger partial charge in [-0.3, -0.25) is 19.9 Å². The molecule has 3 rings (SSSR count). The van der Waals surface area contributed by atoms with Crippen molar-refractivity contribution in [2.45, 2.75) is 13.3 Å². The summed E-state index contributed by atoms with van der Waals surface area (Å²) in [5.41, 5.74) is 2.56. The third-order valence-electron chi connectivity index (χ3n) is 3.33. The van der Waals surface area contributed by atoms with Gasteiger partial charge in [-0.2, -0.15) is 0 Å². The van der Waals surface area contributed by atoms with E-state index in [-0.39, 0.29) is 18.0 Å². The summed E-state index contributed by atoms with van der Waals surface area (Å²) in [6, 6.07) is 7.56. The van der Waals surface area contributed by atoms with E-state index in [2.05, 4.69) is 25.6 Å². The third-order valence-corrected chi connectivity index (χ3v) is 4.14. The van der Waals surface area contributed by atoms with Gasteiger partial charge in [0.2, 0.25) is 5.91 Å². The SMILES string of the molecule is Cc1ccccc1NC(=O)Cc1csc(NC(=O)c2cnccn2)n1. The number of carbonyl (C=O) groups excluding carboxylic acids is 2. The number of nitrogens with zero attached hydrogens (tertiary/aromatic N) is 3. The Bertz CT molecular complexity index is 895. The van der Waals surface area contributed by atoms with Crippen LogP contribution in [0, 0.1) is 6.92 Å². The molecular formula is C17H15N5O2S. The van der Waals surface area contributed by atoms with Crippen LogP contribution in [0.4, 0.5) is 10.8 Å². The first-order valence-electron chi connectivity index (χ1n) is 7.49. The molecule has 3 aromatic rings. The average Bonchev–Trinajstić information content (AvgIpc) is 3.04. The number of anilines is 2. The first-order valence-corrected chi connectivity index (χ1v) is 8.37. The Morgan fingerprint density at radius 3 is 2.76 bits per heavy atom. The van der Waals surface area contributed by atoms with Gasteiger partial charge in [0.15, 0.2) is 5.13 Å². The van der Waals surface area contributed by atoms with Crippen molar-refractivity contribution in [1.29, 1.82) is 0 Å². The highest BCUT2D eigenvalue weighted by Crippen LogP contribution is 2.18. The smallest absolute Gasteiger partial charge is 0.277 e. The van der Waals surface area contributed by atoms with Crippen LogP contribution in [-0.4, -0.2) is 26.8 Å². The standard InChI is InChI=1S/C17H15N5O2S/c1-11-4-2-3-5-13(11)21-15(23)8-12-10-25-17(20-12)22-16(24)14-9-18-6-7-19-14/h2-7,9-10H,8H2,1H3,(H,21,23)(H,20,22,24). The number of para-hydroxylation sites is 1. The molecule has 0 atom stereocenters. The van der Waals surface area contributed by atoms with Crippen molar-refractivity contribution in [3.63, 3.8) is 0 Å². The minimum atomic E-state index is -0.390. The normalized spacial score (nSPS) is 10.3.